The van der Waals surface area contributed by atoms with Crippen LogP contribution in [0, 0.1) is 0 Å². The highest BCUT2D eigenvalue weighted by Crippen LogP contribution is 2.37. The molecule has 21 heavy (non-hydrogen) atoms. The lowest BCUT2D eigenvalue weighted by Gasteiger charge is -2.32. The van der Waals surface area contributed by atoms with Crippen molar-refractivity contribution < 1.29 is 18.8 Å². The SMILES string of the molecule is COc1ccc(OC2CC2)c(B2OC(C)(C)C(C)(C)O2)n1. The van der Waals surface area contributed by atoms with Crippen LogP contribution in [0.1, 0.15) is 40.5 Å². The Morgan fingerprint density at radius 1 is 1.14 bits per heavy atom. The molecule has 0 spiro atoms. The highest BCUT2D eigenvalue weighted by atomic mass is 16.7. The van der Waals surface area contributed by atoms with Gasteiger partial charge in [0, 0.05) is 6.07 Å². The summed E-state index contributed by atoms with van der Waals surface area (Å²) in [6.07, 6.45) is 2.48. The minimum Gasteiger partial charge on any atom is -0.489 e. The Labute approximate surface area is 126 Å². The van der Waals surface area contributed by atoms with Crippen molar-refractivity contribution in [2.75, 3.05) is 7.11 Å². The Kier molecular flexibility index (Phi) is 3.41. The number of rotatable bonds is 4. The summed E-state index contributed by atoms with van der Waals surface area (Å²) >= 11 is 0. The second-order valence-electron chi connectivity index (χ2n) is 6.64. The van der Waals surface area contributed by atoms with Crippen LogP contribution in [-0.4, -0.2) is 36.5 Å². The molecule has 0 bridgehead atoms. The van der Waals surface area contributed by atoms with E-state index in [4.69, 9.17) is 18.8 Å². The molecule has 114 valence electrons. The highest BCUT2D eigenvalue weighted by Gasteiger charge is 2.53. The third-order valence-electron chi connectivity index (χ3n) is 4.36. The Hall–Kier alpha value is -1.27. The van der Waals surface area contributed by atoms with Gasteiger partial charge in [-0.15, -0.1) is 0 Å². The maximum absolute atomic E-state index is 6.07. The molecule has 0 aromatic carbocycles. The van der Waals surface area contributed by atoms with Crippen LogP contribution in [-0.2, 0) is 9.31 Å². The molecule has 1 saturated carbocycles. The smallest absolute Gasteiger partial charge is 0.489 e. The monoisotopic (exact) mass is 291 g/mol. The van der Waals surface area contributed by atoms with Crippen LogP contribution in [0.5, 0.6) is 11.6 Å². The molecule has 1 aliphatic heterocycles. The topological polar surface area (TPSA) is 49.8 Å². The maximum atomic E-state index is 6.07. The Morgan fingerprint density at radius 2 is 1.76 bits per heavy atom. The van der Waals surface area contributed by atoms with Crippen LogP contribution in [0.3, 0.4) is 0 Å². The van der Waals surface area contributed by atoms with Crippen molar-refractivity contribution in [1.29, 1.82) is 0 Å². The van der Waals surface area contributed by atoms with Crippen molar-refractivity contribution in [3.05, 3.63) is 12.1 Å². The molecule has 2 fully saturated rings. The second-order valence-corrected chi connectivity index (χ2v) is 6.64. The van der Waals surface area contributed by atoms with Crippen molar-refractivity contribution in [3.8, 4) is 11.6 Å². The number of aromatic nitrogens is 1. The van der Waals surface area contributed by atoms with Crippen LogP contribution < -0.4 is 15.1 Å². The average molecular weight is 291 g/mol. The van der Waals surface area contributed by atoms with Crippen LogP contribution in [0.4, 0.5) is 0 Å². The number of ether oxygens (including phenoxy) is 2. The fourth-order valence-electron chi connectivity index (χ4n) is 2.15. The molecule has 1 aromatic rings. The Balaban J connectivity index is 1.92. The number of hydrogen-bond donors (Lipinski definition) is 0. The third kappa shape index (κ3) is 2.74. The third-order valence-corrected chi connectivity index (χ3v) is 4.36. The number of pyridine rings is 1. The van der Waals surface area contributed by atoms with Gasteiger partial charge in [-0.25, -0.2) is 4.98 Å². The number of nitrogens with zero attached hydrogens (tertiary/aromatic N) is 1. The van der Waals surface area contributed by atoms with E-state index >= 15 is 0 Å². The molecule has 5 nitrogen and oxygen atoms in total. The zero-order valence-electron chi connectivity index (χ0n) is 13.3. The van der Waals surface area contributed by atoms with E-state index in [2.05, 4.69) is 4.98 Å². The van der Waals surface area contributed by atoms with Gasteiger partial charge in [-0.1, -0.05) is 0 Å². The van der Waals surface area contributed by atoms with Crippen molar-refractivity contribution in [2.45, 2.75) is 57.8 Å². The van der Waals surface area contributed by atoms with Crippen LogP contribution >= 0.6 is 0 Å². The van der Waals surface area contributed by atoms with Gasteiger partial charge in [0.2, 0.25) is 5.88 Å². The molecule has 1 aromatic heterocycles. The molecule has 0 atom stereocenters. The fourth-order valence-corrected chi connectivity index (χ4v) is 2.15. The summed E-state index contributed by atoms with van der Waals surface area (Å²) in [5, 5.41) is 0. The molecule has 2 aliphatic rings. The lowest BCUT2D eigenvalue weighted by Crippen LogP contribution is -2.41. The Bertz CT molecular complexity index is 526. The molecule has 0 amide bonds. The van der Waals surface area contributed by atoms with E-state index in [1.165, 1.54) is 0 Å². The minimum atomic E-state index is -0.543. The van der Waals surface area contributed by atoms with E-state index in [0.29, 0.717) is 17.6 Å². The first kappa shape index (κ1) is 14.7. The summed E-state index contributed by atoms with van der Waals surface area (Å²) in [6, 6.07) is 3.68. The molecule has 0 radical (unpaired) electrons. The minimum absolute atomic E-state index is 0.293. The largest absolute Gasteiger partial charge is 0.518 e. The van der Waals surface area contributed by atoms with E-state index in [-0.39, 0.29) is 0 Å². The Morgan fingerprint density at radius 3 is 2.29 bits per heavy atom. The molecule has 6 heteroatoms. The average Bonchev–Trinajstić information content (AvgIpc) is 3.18. The highest BCUT2D eigenvalue weighted by molar-refractivity contribution is 6.62. The summed E-state index contributed by atoms with van der Waals surface area (Å²) in [5.74, 6) is 1.25. The van der Waals surface area contributed by atoms with Gasteiger partial charge in [0.05, 0.1) is 24.4 Å². The van der Waals surface area contributed by atoms with E-state index in [1.807, 2.05) is 33.8 Å². The predicted octanol–water partition coefficient (Wildman–Crippen LogP) is 1.93. The quantitative estimate of drug-likeness (QED) is 0.793. The standard InChI is InChI=1S/C15H22BNO4/c1-14(2)15(3,4)21-16(20-14)13-11(19-10-6-7-10)8-9-12(17-13)18-5/h8-10H,6-7H2,1-5H3. The summed E-state index contributed by atoms with van der Waals surface area (Å²) in [4.78, 5) is 4.49. The van der Waals surface area contributed by atoms with Crippen molar-refractivity contribution >= 4 is 12.7 Å². The predicted molar refractivity (Wildman–Crippen MR) is 80.2 cm³/mol. The van der Waals surface area contributed by atoms with E-state index in [1.54, 1.807) is 13.2 Å². The van der Waals surface area contributed by atoms with Crippen molar-refractivity contribution in [1.82, 2.24) is 4.98 Å². The zero-order chi connectivity index (χ0) is 15.3. The molecule has 1 aliphatic carbocycles. The normalized spacial score (nSPS) is 23.2. The zero-order valence-corrected chi connectivity index (χ0v) is 13.3. The summed E-state index contributed by atoms with van der Waals surface area (Å²) in [5.41, 5.74) is -0.154. The summed E-state index contributed by atoms with van der Waals surface area (Å²) < 4.78 is 23.3. The van der Waals surface area contributed by atoms with Crippen LogP contribution in [0.2, 0.25) is 0 Å². The second kappa shape index (κ2) is 4.88. The van der Waals surface area contributed by atoms with Gasteiger partial charge in [-0.2, -0.15) is 0 Å². The molecular formula is C15H22BNO4. The first-order chi connectivity index (χ1) is 9.82. The van der Waals surface area contributed by atoms with Gasteiger partial charge in [0.15, 0.2) is 0 Å². The van der Waals surface area contributed by atoms with Crippen molar-refractivity contribution in [3.63, 3.8) is 0 Å². The molecule has 1 saturated heterocycles. The number of methoxy groups -OCH3 is 1. The maximum Gasteiger partial charge on any atom is 0.518 e. The molecule has 0 unspecified atom stereocenters. The van der Waals surface area contributed by atoms with Gasteiger partial charge in [-0.05, 0) is 46.6 Å². The summed E-state index contributed by atoms with van der Waals surface area (Å²) in [7, 11) is 1.05. The lowest BCUT2D eigenvalue weighted by atomic mass is 9.83. The molecular weight excluding hydrogens is 269 g/mol. The van der Waals surface area contributed by atoms with Gasteiger partial charge in [-0.3, -0.25) is 0 Å². The van der Waals surface area contributed by atoms with Crippen molar-refractivity contribution in [2.24, 2.45) is 0 Å². The molecule has 2 heterocycles. The van der Waals surface area contributed by atoms with Gasteiger partial charge >= 0.3 is 7.12 Å². The lowest BCUT2D eigenvalue weighted by molar-refractivity contribution is 0.00578. The van der Waals surface area contributed by atoms with Gasteiger partial charge in [0.25, 0.3) is 0 Å². The van der Waals surface area contributed by atoms with Crippen LogP contribution in [0.15, 0.2) is 12.1 Å². The fraction of sp³-hybridized carbons (Fsp3) is 0.667. The molecule has 0 N–H and O–H groups in total. The van der Waals surface area contributed by atoms with E-state index in [0.717, 1.165) is 18.6 Å². The first-order valence-corrected chi connectivity index (χ1v) is 7.39. The van der Waals surface area contributed by atoms with E-state index < -0.39 is 18.3 Å². The number of hydrogen-bond acceptors (Lipinski definition) is 5. The van der Waals surface area contributed by atoms with Gasteiger partial charge in [0.1, 0.15) is 11.3 Å². The van der Waals surface area contributed by atoms with E-state index in [9.17, 15) is 0 Å². The first-order valence-electron chi connectivity index (χ1n) is 7.39. The van der Waals surface area contributed by atoms with Gasteiger partial charge < -0.3 is 18.8 Å². The summed E-state index contributed by atoms with van der Waals surface area (Å²) in [6.45, 7) is 8.09. The molecule has 3 rings (SSSR count). The van der Waals surface area contributed by atoms with Crippen LogP contribution in [0.25, 0.3) is 0 Å².